The molecule has 0 heterocycles. The number of carboxylic acids is 3. The predicted octanol–water partition coefficient (Wildman–Crippen LogP) is 15.4. The zero-order chi connectivity index (χ0) is 73.3. The summed E-state index contributed by atoms with van der Waals surface area (Å²) in [5, 5.41) is 32.6. The number of aryl methyl sites for hydroxylation is 2. The van der Waals surface area contributed by atoms with E-state index < -0.39 is 85.8 Å². The van der Waals surface area contributed by atoms with Crippen molar-refractivity contribution in [1.82, 2.24) is 10.6 Å². The number of carboxylic acid groups (broad SMARTS) is 3. The molecule has 18 nitrogen and oxygen atoms in total. The second kappa shape index (κ2) is 30.7. The van der Waals surface area contributed by atoms with Crippen LogP contribution < -0.4 is 10.6 Å². The van der Waals surface area contributed by atoms with E-state index in [9.17, 15) is 43.5 Å². The Balaban J connectivity index is 0.000000201. The van der Waals surface area contributed by atoms with Gasteiger partial charge in [-0.15, -0.1) is 0 Å². The van der Waals surface area contributed by atoms with Crippen LogP contribution in [-0.4, -0.2) is 103 Å². The minimum atomic E-state index is -1.15. The highest BCUT2D eigenvalue weighted by Gasteiger charge is 2.56. The van der Waals surface area contributed by atoms with E-state index in [1.54, 1.807) is 32.9 Å². The van der Waals surface area contributed by atoms with Crippen LogP contribution in [-0.2, 0) is 92.4 Å². The third-order valence-corrected chi connectivity index (χ3v) is 17.2. The lowest BCUT2D eigenvalue weighted by Gasteiger charge is -2.24. The van der Waals surface area contributed by atoms with Gasteiger partial charge in [0.2, 0.25) is 0 Å². The Hall–Kier alpha value is -8.54. The number of rotatable bonds is 17. The third-order valence-electron chi connectivity index (χ3n) is 17.2. The highest BCUT2D eigenvalue weighted by molar-refractivity contribution is 5.89. The van der Waals surface area contributed by atoms with Gasteiger partial charge in [-0.05, 0) is 234 Å². The van der Waals surface area contributed by atoms with Crippen molar-refractivity contribution < 1.29 is 77.4 Å². The molecule has 18 heteroatoms. The van der Waals surface area contributed by atoms with E-state index in [0.717, 1.165) is 103 Å². The summed E-state index contributed by atoms with van der Waals surface area (Å²) in [6, 6.07) is 39.6. The standard InChI is InChI=1S/C22H31NO6.C22H33NO4.C15H20O2.C11H12O2.C10H10O2/c1-20(2,3)28-18(26)22(11-12-22)15-9-7-14(8-10-15)13-16(17(24)25)23-19(27)29-21(4,5)6;1-15(23-19(25)27-21(5,6)7)14-16-8-10-17(11-9-16)22(12-13-22)18(24)26-20(2,3)4;1-11-5-7-12(8-6-11)15(9-10-15)13(16)17-14(2,3)4;1-8-2-4-9(5-3-8)11(6-7-11)10(12)13;11-9(12)10(6-7-10)8-4-2-1-3-5-8/h7-10,16H,11-13H2,1-6H3,(H,23,27)(H,24,25);8-11,15H,12-14H2,1-7H3,(H,23,25);5-8H,9-10H2,1-4H3;2-5H,6-7H2,1H3,(H,12,13);1-5H,6-7H2,(H,11,12)/t16-;15-;;;/m01.../s1. The van der Waals surface area contributed by atoms with Gasteiger partial charge in [-0.2, -0.15) is 0 Å². The predicted molar refractivity (Wildman–Crippen MR) is 376 cm³/mol. The molecule has 2 atom stereocenters. The maximum atomic E-state index is 12.6. The number of alkyl carbamates (subject to hydrolysis) is 2. The number of hydrogen-bond acceptors (Lipinski definition) is 13. The Morgan fingerprint density at radius 2 is 0.612 bits per heavy atom. The van der Waals surface area contributed by atoms with Gasteiger partial charge >= 0.3 is 48.0 Å². The van der Waals surface area contributed by atoms with Gasteiger partial charge in [0, 0.05) is 12.5 Å². The first-order chi connectivity index (χ1) is 45.3. The zero-order valence-electron chi connectivity index (χ0n) is 60.9. The first kappa shape index (κ1) is 78.5. The molecule has 5 N–H and O–H groups in total. The lowest BCUT2D eigenvalue weighted by atomic mass is 9.93. The number of amides is 2. The molecule has 5 aromatic rings. The minimum Gasteiger partial charge on any atom is -0.481 e. The Morgan fingerprint density at radius 3 is 0.878 bits per heavy atom. The van der Waals surface area contributed by atoms with Gasteiger partial charge < -0.3 is 49.6 Å². The molecule has 2 amide bonds. The van der Waals surface area contributed by atoms with Crippen molar-refractivity contribution >= 4 is 48.0 Å². The van der Waals surface area contributed by atoms with Gasteiger partial charge in [0.05, 0.1) is 27.1 Å². The molecular weight excluding hydrogens is 1240 g/mol. The SMILES string of the molecule is CC(C)(C)OC(=O)N[C@@H](Cc1ccc(C2(C(=O)OC(C)(C)C)CC2)cc1)C(=O)O.C[C@H](Cc1ccc(C2(C(=O)OC(C)(C)C)CC2)cc1)NC(=O)OC(C)(C)C.Cc1ccc(C2(C(=O)O)CC2)cc1.Cc1ccc(C2(C(=O)OC(C)(C)C)CC2)cc1.O=C(O)C1(c2ccccc2)CC1. The summed E-state index contributed by atoms with van der Waals surface area (Å²) in [7, 11) is 0. The quantitative estimate of drug-likeness (QED) is 0.0428. The zero-order valence-corrected chi connectivity index (χ0v) is 60.9. The van der Waals surface area contributed by atoms with Gasteiger partial charge in [-0.1, -0.05) is 139 Å². The topological polar surface area (TPSA) is 267 Å². The number of ether oxygens (including phenoxy) is 5. The minimum absolute atomic E-state index is 0.0496. The average Bonchev–Trinajstić information content (AvgIpc) is 1.63. The summed E-state index contributed by atoms with van der Waals surface area (Å²) in [5.41, 5.74) is 3.89. The van der Waals surface area contributed by atoms with Crippen molar-refractivity contribution in [2.45, 2.75) is 269 Å². The lowest BCUT2D eigenvalue weighted by molar-refractivity contribution is -0.159. The van der Waals surface area contributed by atoms with Crippen LogP contribution in [0.15, 0.2) is 127 Å². The molecule has 5 saturated carbocycles. The molecule has 98 heavy (non-hydrogen) atoms. The fourth-order valence-electron chi connectivity index (χ4n) is 11.1. The molecule has 0 saturated heterocycles. The van der Waals surface area contributed by atoms with Crippen molar-refractivity contribution in [3.05, 3.63) is 177 Å². The second-order valence-electron chi connectivity index (χ2n) is 32.0. The Labute approximate surface area is 579 Å². The number of esters is 3. The van der Waals surface area contributed by atoms with Crippen molar-refractivity contribution in [1.29, 1.82) is 0 Å². The van der Waals surface area contributed by atoms with Crippen LogP contribution in [0.1, 0.15) is 225 Å². The van der Waals surface area contributed by atoms with Crippen LogP contribution >= 0.6 is 0 Å². The number of nitrogens with one attached hydrogen (secondary N) is 2. The molecular formula is C80H106N2O16. The van der Waals surface area contributed by atoms with E-state index in [1.165, 1.54) is 11.1 Å². The molecule has 10 rings (SSSR count). The van der Waals surface area contributed by atoms with Crippen LogP contribution in [0.2, 0.25) is 0 Å². The Kier molecular flexibility index (Phi) is 24.6. The summed E-state index contributed by atoms with van der Waals surface area (Å²) in [4.78, 5) is 94.5. The molecule has 0 unspecified atom stereocenters. The van der Waals surface area contributed by atoms with Crippen molar-refractivity contribution in [3.63, 3.8) is 0 Å². The fourth-order valence-corrected chi connectivity index (χ4v) is 11.1. The largest absolute Gasteiger partial charge is 0.481 e. The molecule has 5 aliphatic rings. The summed E-state index contributed by atoms with van der Waals surface area (Å²) in [6.45, 7) is 33.6. The maximum absolute atomic E-state index is 12.6. The van der Waals surface area contributed by atoms with Crippen LogP contribution in [0.25, 0.3) is 0 Å². The van der Waals surface area contributed by atoms with E-state index >= 15 is 0 Å². The van der Waals surface area contributed by atoms with Crippen LogP contribution in [0.4, 0.5) is 9.59 Å². The van der Waals surface area contributed by atoms with E-state index in [2.05, 4.69) is 29.7 Å². The monoisotopic (exact) mass is 1350 g/mol. The highest BCUT2D eigenvalue weighted by atomic mass is 16.6. The Bertz CT molecular complexity index is 3580. The molecule has 532 valence electrons. The molecule has 0 radical (unpaired) electrons. The molecule has 5 aliphatic carbocycles. The van der Waals surface area contributed by atoms with Gasteiger partial charge in [0.15, 0.2) is 0 Å². The van der Waals surface area contributed by atoms with E-state index in [1.807, 2.05) is 200 Å². The summed E-state index contributed by atoms with van der Waals surface area (Å²) in [5.74, 6) is -2.96. The first-order valence-corrected chi connectivity index (χ1v) is 34.0. The Morgan fingerprint density at radius 1 is 0.357 bits per heavy atom. The number of carbonyl (C=O) groups is 8. The van der Waals surface area contributed by atoms with Gasteiger partial charge in [0.1, 0.15) is 34.0 Å². The number of aliphatic carboxylic acids is 3. The summed E-state index contributed by atoms with van der Waals surface area (Å²) in [6.07, 6.45) is 7.70. The normalized spacial score (nSPS) is 17.3. The van der Waals surface area contributed by atoms with Crippen LogP contribution in [0.5, 0.6) is 0 Å². The van der Waals surface area contributed by atoms with E-state index in [0.29, 0.717) is 6.42 Å². The van der Waals surface area contributed by atoms with Gasteiger partial charge in [0.25, 0.3) is 0 Å². The van der Waals surface area contributed by atoms with E-state index in [-0.39, 0.29) is 35.8 Å². The summed E-state index contributed by atoms with van der Waals surface area (Å²) < 4.78 is 27.1. The van der Waals surface area contributed by atoms with Crippen molar-refractivity contribution in [2.75, 3.05) is 0 Å². The number of benzene rings is 5. The van der Waals surface area contributed by atoms with E-state index in [4.69, 9.17) is 33.9 Å². The average molecular weight is 1350 g/mol. The first-order valence-electron chi connectivity index (χ1n) is 34.0. The molecule has 5 aromatic carbocycles. The number of hydrogen-bond donors (Lipinski definition) is 5. The molecule has 0 aliphatic heterocycles. The maximum Gasteiger partial charge on any atom is 0.408 e. The molecule has 0 bridgehead atoms. The van der Waals surface area contributed by atoms with Crippen molar-refractivity contribution in [2.24, 2.45) is 0 Å². The van der Waals surface area contributed by atoms with Gasteiger partial charge in [-0.3, -0.25) is 24.0 Å². The molecule has 0 spiro atoms. The van der Waals surface area contributed by atoms with Crippen molar-refractivity contribution in [3.8, 4) is 0 Å². The fraction of sp³-hybridized carbons (Fsp3) is 0.525. The summed E-state index contributed by atoms with van der Waals surface area (Å²) >= 11 is 0. The molecule has 5 fully saturated rings. The lowest BCUT2D eigenvalue weighted by Crippen LogP contribution is -2.44. The smallest absolute Gasteiger partial charge is 0.408 e. The third kappa shape index (κ3) is 22.8. The van der Waals surface area contributed by atoms with Crippen LogP contribution in [0, 0.1) is 13.8 Å². The van der Waals surface area contributed by atoms with Gasteiger partial charge in [-0.25, -0.2) is 14.4 Å². The number of carbonyl (C=O) groups excluding carboxylic acids is 5. The second-order valence-corrected chi connectivity index (χ2v) is 32.0. The molecule has 0 aromatic heterocycles. The highest BCUT2D eigenvalue weighted by Crippen LogP contribution is 2.53. The van der Waals surface area contributed by atoms with Crippen LogP contribution in [0.3, 0.4) is 0 Å².